The second-order valence-corrected chi connectivity index (χ2v) is 5.61. The Morgan fingerprint density at radius 3 is 2.22 bits per heavy atom. The highest BCUT2D eigenvalue weighted by Gasteiger charge is 2.34. The van der Waals surface area contributed by atoms with Crippen molar-refractivity contribution in [1.82, 2.24) is 5.43 Å². The first-order chi connectivity index (χ1) is 12.4. The number of rotatable bonds is 3. The summed E-state index contributed by atoms with van der Waals surface area (Å²) < 4.78 is 77.4. The summed E-state index contributed by atoms with van der Waals surface area (Å²) in [5.74, 6) is -1.14. The summed E-state index contributed by atoms with van der Waals surface area (Å²) in [5, 5.41) is 8.32. The first kappa shape index (κ1) is 20.4. The van der Waals surface area contributed by atoms with Gasteiger partial charge in [0.1, 0.15) is 0 Å². The first-order valence-electron chi connectivity index (χ1n) is 6.97. The SMILES string of the molecule is N#Cc1ccc(NNC(=O)c2cc(Cl)cc(C(F)(F)F)c2)c(C(F)(F)F)c1. The third-order valence-electron chi connectivity index (χ3n) is 3.25. The maximum atomic E-state index is 13.0. The summed E-state index contributed by atoms with van der Waals surface area (Å²) >= 11 is 5.56. The van der Waals surface area contributed by atoms with E-state index >= 15 is 0 Å². The van der Waals surface area contributed by atoms with Crippen LogP contribution in [-0.2, 0) is 12.4 Å². The van der Waals surface area contributed by atoms with Gasteiger partial charge in [0.2, 0.25) is 0 Å². The van der Waals surface area contributed by atoms with E-state index in [0.29, 0.717) is 18.2 Å². The van der Waals surface area contributed by atoms with Crippen LogP contribution >= 0.6 is 11.6 Å². The average molecular weight is 408 g/mol. The molecule has 0 fully saturated rings. The molecule has 4 nitrogen and oxygen atoms in total. The molecule has 0 radical (unpaired) electrons. The molecule has 27 heavy (non-hydrogen) atoms. The van der Waals surface area contributed by atoms with Gasteiger partial charge in [-0.1, -0.05) is 11.6 Å². The van der Waals surface area contributed by atoms with Gasteiger partial charge in [0.25, 0.3) is 5.91 Å². The second kappa shape index (κ2) is 7.36. The molecule has 2 rings (SSSR count). The summed E-state index contributed by atoms with van der Waals surface area (Å²) in [4.78, 5) is 12.0. The lowest BCUT2D eigenvalue weighted by Crippen LogP contribution is -2.30. The Bertz CT molecular complexity index is 918. The summed E-state index contributed by atoms with van der Waals surface area (Å²) in [7, 11) is 0. The molecule has 0 aromatic heterocycles. The van der Waals surface area contributed by atoms with Gasteiger partial charge >= 0.3 is 12.4 Å². The Hall–Kier alpha value is -2.93. The van der Waals surface area contributed by atoms with Crippen LogP contribution in [0.15, 0.2) is 36.4 Å². The van der Waals surface area contributed by atoms with Gasteiger partial charge in [-0.25, -0.2) is 0 Å². The first-order valence-corrected chi connectivity index (χ1v) is 7.35. The molecule has 11 heteroatoms. The van der Waals surface area contributed by atoms with Gasteiger partial charge in [-0.2, -0.15) is 31.6 Å². The van der Waals surface area contributed by atoms with Crippen molar-refractivity contribution in [2.24, 2.45) is 0 Å². The molecule has 2 aromatic rings. The Morgan fingerprint density at radius 1 is 1.00 bits per heavy atom. The van der Waals surface area contributed by atoms with Crippen molar-refractivity contribution in [3.8, 4) is 6.07 Å². The fraction of sp³-hybridized carbons (Fsp3) is 0.125. The molecule has 0 unspecified atom stereocenters. The van der Waals surface area contributed by atoms with Crippen molar-refractivity contribution in [3.63, 3.8) is 0 Å². The number of nitriles is 1. The Kier molecular flexibility index (Phi) is 5.56. The number of benzene rings is 2. The van der Waals surface area contributed by atoms with Gasteiger partial charge in [-0.3, -0.25) is 15.6 Å². The van der Waals surface area contributed by atoms with Crippen LogP contribution in [0.4, 0.5) is 32.0 Å². The number of anilines is 1. The maximum Gasteiger partial charge on any atom is 0.418 e. The molecule has 1 amide bonds. The van der Waals surface area contributed by atoms with Crippen LogP contribution in [0.3, 0.4) is 0 Å². The number of alkyl halides is 6. The molecule has 0 aliphatic heterocycles. The van der Waals surface area contributed by atoms with Gasteiger partial charge in [0.05, 0.1) is 28.4 Å². The van der Waals surface area contributed by atoms with Crippen LogP contribution in [0, 0.1) is 11.3 Å². The van der Waals surface area contributed by atoms with E-state index in [1.54, 1.807) is 6.07 Å². The van der Waals surface area contributed by atoms with Gasteiger partial charge in [0, 0.05) is 10.6 Å². The minimum Gasteiger partial charge on any atom is -0.298 e. The molecule has 0 atom stereocenters. The van der Waals surface area contributed by atoms with Gasteiger partial charge in [0.15, 0.2) is 0 Å². The molecule has 0 bridgehead atoms. The average Bonchev–Trinajstić information content (AvgIpc) is 2.57. The number of hydrogen-bond acceptors (Lipinski definition) is 3. The van der Waals surface area contributed by atoms with Crippen molar-refractivity contribution in [3.05, 3.63) is 63.7 Å². The van der Waals surface area contributed by atoms with Crippen LogP contribution in [0.5, 0.6) is 0 Å². The third-order valence-corrected chi connectivity index (χ3v) is 3.47. The van der Waals surface area contributed by atoms with E-state index in [1.807, 2.05) is 10.9 Å². The molecular formula is C16H8ClF6N3O. The number of nitrogens with zero attached hydrogens (tertiary/aromatic N) is 1. The number of hydrogen-bond donors (Lipinski definition) is 2. The highest BCUT2D eigenvalue weighted by molar-refractivity contribution is 6.31. The monoisotopic (exact) mass is 407 g/mol. The van der Waals surface area contributed by atoms with Crippen LogP contribution in [0.1, 0.15) is 27.0 Å². The van der Waals surface area contributed by atoms with Crippen LogP contribution < -0.4 is 10.9 Å². The van der Waals surface area contributed by atoms with E-state index in [0.717, 1.165) is 18.2 Å². The fourth-order valence-electron chi connectivity index (χ4n) is 2.04. The Labute approximate surface area is 153 Å². The normalized spacial score (nSPS) is 11.6. The molecule has 0 aliphatic rings. The van der Waals surface area contributed by atoms with Crippen molar-refractivity contribution in [1.29, 1.82) is 5.26 Å². The number of halogens is 7. The number of carbonyl (C=O) groups excluding carboxylic acids is 1. The minimum absolute atomic E-state index is 0.260. The van der Waals surface area contributed by atoms with E-state index in [1.165, 1.54) is 0 Å². The minimum atomic E-state index is -4.83. The zero-order valence-corrected chi connectivity index (χ0v) is 13.7. The molecular weight excluding hydrogens is 400 g/mol. The van der Waals surface area contributed by atoms with Crippen LogP contribution in [0.2, 0.25) is 5.02 Å². The van der Waals surface area contributed by atoms with Crippen LogP contribution in [-0.4, -0.2) is 5.91 Å². The summed E-state index contributed by atoms with van der Waals surface area (Å²) in [6.07, 6.45) is -9.59. The fourth-order valence-corrected chi connectivity index (χ4v) is 2.27. The van der Waals surface area contributed by atoms with Gasteiger partial charge < -0.3 is 0 Å². The Morgan fingerprint density at radius 2 is 1.67 bits per heavy atom. The number of hydrazine groups is 1. The summed E-state index contributed by atoms with van der Waals surface area (Å²) in [5.41, 5.74) is 0.0890. The quantitative estimate of drug-likeness (QED) is 0.555. The molecule has 2 N–H and O–H groups in total. The Balaban J connectivity index is 2.27. The van der Waals surface area contributed by atoms with E-state index < -0.39 is 40.6 Å². The van der Waals surface area contributed by atoms with Gasteiger partial charge in [-0.05, 0) is 36.4 Å². The van der Waals surface area contributed by atoms with Crippen molar-refractivity contribution < 1.29 is 31.1 Å². The molecule has 2 aromatic carbocycles. The highest BCUT2D eigenvalue weighted by Crippen LogP contribution is 2.35. The predicted molar refractivity (Wildman–Crippen MR) is 83.7 cm³/mol. The number of nitrogens with one attached hydrogen (secondary N) is 2. The summed E-state index contributed by atoms with van der Waals surface area (Å²) in [6.45, 7) is 0. The number of carbonyl (C=O) groups is 1. The van der Waals surface area contributed by atoms with E-state index in [-0.39, 0.29) is 10.6 Å². The lowest BCUT2D eigenvalue weighted by Gasteiger charge is -2.16. The predicted octanol–water partition coefficient (Wildman–Crippen LogP) is 5.01. The molecule has 0 heterocycles. The lowest BCUT2D eigenvalue weighted by molar-refractivity contribution is -0.138. The zero-order valence-electron chi connectivity index (χ0n) is 13.0. The van der Waals surface area contributed by atoms with E-state index in [9.17, 15) is 31.1 Å². The molecule has 0 saturated carbocycles. The van der Waals surface area contributed by atoms with E-state index in [4.69, 9.17) is 16.9 Å². The molecule has 142 valence electrons. The molecule has 0 spiro atoms. The molecule has 0 saturated heterocycles. The zero-order chi connectivity index (χ0) is 20.4. The van der Waals surface area contributed by atoms with Crippen molar-refractivity contribution in [2.75, 3.05) is 5.43 Å². The second-order valence-electron chi connectivity index (χ2n) is 5.18. The third kappa shape index (κ3) is 5.04. The largest absolute Gasteiger partial charge is 0.418 e. The van der Waals surface area contributed by atoms with Gasteiger partial charge in [-0.15, -0.1) is 0 Å². The van der Waals surface area contributed by atoms with Crippen molar-refractivity contribution >= 4 is 23.2 Å². The maximum absolute atomic E-state index is 13.0. The topological polar surface area (TPSA) is 64.9 Å². The van der Waals surface area contributed by atoms with E-state index in [2.05, 4.69) is 0 Å². The van der Waals surface area contributed by atoms with Crippen molar-refractivity contribution in [2.45, 2.75) is 12.4 Å². The van der Waals surface area contributed by atoms with Crippen LogP contribution in [0.25, 0.3) is 0 Å². The summed E-state index contributed by atoms with van der Waals surface area (Å²) in [6, 6.07) is 6.13. The standard InChI is InChI=1S/C16H8ClF6N3O/c17-11-5-9(4-10(6-11)15(18,19)20)14(27)26-25-13-2-1-8(7-24)3-12(13)16(21,22)23/h1-6,25H,(H,26,27). The molecule has 0 aliphatic carbocycles. The number of amides is 1. The lowest BCUT2D eigenvalue weighted by atomic mass is 10.1. The highest BCUT2D eigenvalue weighted by atomic mass is 35.5. The smallest absolute Gasteiger partial charge is 0.298 e.